The average Bonchev–Trinajstić information content (AvgIpc) is 3.40. The van der Waals surface area contributed by atoms with Crippen LogP contribution in [0.25, 0.3) is 0 Å². The lowest BCUT2D eigenvalue weighted by Crippen LogP contribution is -2.25. The van der Waals surface area contributed by atoms with E-state index >= 15 is 0 Å². The van der Waals surface area contributed by atoms with Gasteiger partial charge in [-0.05, 0) is 30.0 Å². The zero-order valence-corrected chi connectivity index (χ0v) is 13.7. The van der Waals surface area contributed by atoms with Crippen molar-refractivity contribution < 1.29 is 18.7 Å². The van der Waals surface area contributed by atoms with Crippen molar-refractivity contribution in [3.05, 3.63) is 59.4 Å². The minimum Gasteiger partial charge on any atom is -0.493 e. The van der Waals surface area contributed by atoms with Crippen molar-refractivity contribution >= 4 is 5.91 Å². The highest BCUT2D eigenvalue weighted by Crippen LogP contribution is 2.48. The molecule has 1 aliphatic carbocycles. The number of hydrogen-bond acceptors (Lipinski definition) is 3. The van der Waals surface area contributed by atoms with Gasteiger partial charge in [0.05, 0.1) is 14.2 Å². The third kappa shape index (κ3) is 3.20. The molecule has 2 atom stereocenters. The first-order chi connectivity index (χ1) is 11.7. The van der Waals surface area contributed by atoms with Gasteiger partial charge in [0.25, 0.3) is 0 Å². The Morgan fingerprint density at radius 3 is 2.67 bits per heavy atom. The van der Waals surface area contributed by atoms with Crippen LogP contribution in [0, 0.1) is 11.7 Å². The number of benzene rings is 2. The molecular formula is C19H20FNO3. The van der Waals surface area contributed by atoms with E-state index in [2.05, 4.69) is 5.32 Å². The van der Waals surface area contributed by atoms with Gasteiger partial charge in [-0.1, -0.05) is 30.3 Å². The van der Waals surface area contributed by atoms with E-state index in [1.807, 2.05) is 12.1 Å². The first-order valence-corrected chi connectivity index (χ1v) is 7.87. The van der Waals surface area contributed by atoms with Crippen molar-refractivity contribution in [2.24, 2.45) is 5.92 Å². The van der Waals surface area contributed by atoms with Gasteiger partial charge in [0.2, 0.25) is 5.91 Å². The van der Waals surface area contributed by atoms with E-state index < -0.39 is 0 Å². The molecule has 2 aromatic carbocycles. The summed E-state index contributed by atoms with van der Waals surface area (Å²) < 4.78 is 24.4. The van der Waals surface area contributed by atoms with Gasteiger partial charge in [-0.3, -0.25) is 4.79 Å². The minimum atomic E-state index is -0.243. The molecule has 0 aromatic heterocycles. The van der Waals surface area contributed by atoms with E-state index in [9.17, 15) is 9.18 Å². The highest BCUT2D eigenvalue weighted by atomic mass is 19.1. The number of amides is 1. The summed E-state index contributed by atoms with van der Waals surface area (Å²) >= 11 is 0. The van der Waals surface area contributed by atoms with E-state index in [-0.39, 0.29) is 23.6 Å². The van der Waals surface area contributed by atoms with Crippen molar-refractivity contribution in [3.8, 4) is 11.5 Å². The summed E-state index contributed by atoms with van der Waals surface area (Å²) in [6, 6.07) is 12.2. The molecule has 24 heavy (non-hydrogen) atoms. The average molecular weight is 329 g/mol. The van der Waals surface area contributed by atoms with Crippen LogP contribution >= 0.6 is 0 Å². The third-order valence-electron chi connectivity index (χ3n) is 4.37. The van der Waals surface area contributed by atoms with Crippen molar-refractivity contribution in [1.82, 2.24) is 5.32 Å². The van der Waals surface area contributed by atoms with Crippen LogP contribution in [-0.2, 0) is 11.3 Å². The number of para-hydroxylation sites is 1. The third-order valence-corrected chi connectivity index (χ3v) is 4.37. The molecule has 0 radical (unpaired) electrons. The highest BCUT2D eigenvalue weighted by molar-refractivity contribution is 5.83. The Bertz CT molecular complexity index is 747. The first-order valence-electron chi connectivity index (χ1n) is 7.87. The largest absolute Gasteiger partial charge is 0.493 e. The predicted octanol–water partition coefficient (Wildman–Crippen LogP) is 3.26. The van der Waals surface area contributed by atoms with Crippen LogP contribution in [0.3, 0.4) is 0 Å². The summed E-state index contributed by atoms with van der Waals surface area (Å²) in [7, 11) is 3.14. The quantitative estimate of drug-likeness (QED) is 0.885. The second-order valence-electron chi connectivity index (χ2n) is 5.84. The normalized spacial score (nSPS) is 18.8. The number of halogens is 1. The topological polar surface area (TPSA) is 47.6 Å². The van der Waals surface area contributed by atoms with Gasteiger partial charge in [0.1, 0.15) is 5.82 Å². The lowest BCUT2D eigenvalue weighted by molar-refractivity contribution is -0.122. The number of ether oxygens (including phenoxy) is 2. The zero-order chi connectivity index (χ0) is 17.1. The van der Waals surface area contributed by atoms with E-state index in [0.29, 0.717) is 30.0 Å². The van der Waals surface area contributed by atoms with Crippen LogP contribution in [0.4, 0.5) is 4.39 Å². The van der Waals surface area contributed by atoms with Crippen molar-refractivity contribution in [3.63, 3.8) is 0 Å². The summed E-state index contributed by atoms with van der Waals surface area (Å²) in [6.07, 6.45) is 0.683. The van der Waals surface area contributed by atoms with Crippen molar-refractivity contribution in [1.29, 1.82) is 0 Å². The van der Waals surface area contributed by atoms with Gasteiger partial charge in [0.15, 0.2) is 11.5 Å². The second kappa shape index (κ2) is 6.91. The minimum absolute atomic E-state index is 0.0293. The summed E-state index contributed by atoms with van der Waals surface area (Å²) in [5.74, 6) is 0.735. The van der Waals surface area contributed by atoms with Crippen molar-refractivity contribution in [2.45, 2.75) is 18.9 Å². The van der Waals surface area contributed by atoms with Gasteiger partial charge in [-0.25, -0.2) is 4.39 Å². The molecule has 1 fully saturated rings. The molecule has 0 saturated heterocycles. The SMILES string of the molecule is COc1cccc(CNC(=O)C2CC2c2ccccc2F)c1OC. The Kier molecular flexibility index (Phi) is 4.69. The molecule has 1 aliphatic rings. The molecule has 5 heteroatoms. The van der Waals surface area contributed by atoms with Crippen LogP contribution < -0.4 is 14.8 Å². The smallest absolute Gasteiger partial charge is 0.224 e. The Labute approximate surface area is 140 Å². The Morgan fingerprint density at radius 2 is 1.96 bits per heavy atom. The summed E-state index contributed by atoms with van der Waals surface area (Å²) in [5.41, 5.74) is 1.46. The fraction of sp³-hybridized carbons (Fsp3) is 0.316. The lowest BCUT2D eigenvalue weighted by atomic mass is 10.1. The Morgan fingerprint density at radius 1 is 1.17 bits per heavy atom. The molecule has 1 N–H and O–H groups in total. The van der Waals surface area contributed by atoms with E-state index in [1.165, 1.54) is 6.07 Å². The monoisotopic (exact) mass is 329 g/mol. The van der Waals surface area contributed by atoms with Gasteiger partial charge in [0, 0.05) is 18.0 Å². The standard InChI is InChI=1S/C19H20FNO3/c1-23-17-9-5-6-12(18(17)24-2)11-21-19(22)15-10-14(15)13-7-3-4-8-16(13)20/h3-9,14-15H,10-11H2,1-2H3,(H,21,22). The maximum atomic E-state index is 13.8. The van der Waals surface area contributed by atoms with Crippen LogP contribution in [0.1, 0.15) is 23.5 Å². The summed E-state index contributed by atoms with van der Waals surface area (Å²) in [4.78, 5) is 12.3. The molecule has 4 nitrogen and oxygen atoms in total. The fourth-order valence-electron chi connectivity index (χ4n) is 3.01. The molecule has 3 rings (SSSR count). The lowest BCUT2D eigenvalue weighted by Gasteiger charge is -2.13. The molecule has 0 aliphatic heterocycles. The van der Waals surface area contributed by atoms with E-state index in [4.69, 9.17) is 9.47 Å². The Hall–Kier alpha value is -2.56. The van der Waals surface area contributed by atoms with Crippen LogP contribution in [-0.4, -0.2) is 20.1 Å². The predicted molar refractivity (Wildman–Crippen MR) is 88.6 cm³/mol. The second-order valence-corrected chi connectivity index (χ2v) is 5.84. The maximum Gasteiger partial charge on any atom is 0.224 e. The molecule has 0 heterocycles. The number of hydrogen-bond donors (Lipinski definition) is 1. The van der Waals surface area contributed by atoms with Gasteiger partial charge in [-0.2, -0.15) is 0 Å². The molecular weight excluding hydrogens is 309 g/mol. The van der Waals surface area contributed by atoms with Crippen LogP contribution in [0.5, 0.6) is 11.5 Å². The van der Waals surface area contributed by atoms with E-state index in [1.54, 1.807) is 38.5 Å². The summed E-state index contributed by atoms with van der Waals surface area (Å²) in [6.45, 7) is 0.347. The summed E-state index contributed by atoms with van der Waals surface area (Å²) in [5, 5.41) is 2.91. The molecule has 2 unspecified atom stereocenters. The number of methoxy groups -OCH3 is 2. The molecule has 0 bridgehead atoms. The molecule has 126 valence electrons. The zero-order valence-electron chi connectivity index (χ0n) is 13.7. The molecule has 2 aromatic rings. The van der Waals surface area contributed by atoms with Gasteiger partial charge < -0.3 is 14.8 Å². The van der Waals surface area contributed by atoms with E-state index in [0.717, 1.165) is 5.56 Å². The maximum absolute atomic E-state index is 13.8. The highest BCUT2D eigenvalue weighted by Gasteiger charge is 2.44. The molecule has 0 spiro atoms. The number of carbonyl (C=O) groups is 1. The molecule has 1 amide bonds. The number of rotatable bonds is 6. The van der Waals surface area contributed by atoms with Crippen LogP contribution in [0.2, 0.25) is 0 Å². The van der Waals surface area contributed by atoms with Gasteiger partial charge >= 0.3 is 0 Å². The number of nitrogens with one attached hydrogen (secondary N) is 1. The van der Waals surface area contributed by atoms with Gasteiger partial charge in [-0.15, -0.1) is 0 Å². The van der Waals surface area contributed by atoms with Crippen molar-refractivity contribution in [2.75, 3.05) is 14.2 Å². The molecule has 1 saturated carbocycles. The fourth-order valence-corrected chi connectivity index (χ4v) is 3.01. The number of carbonyl (C=O) groups excluding carboxylic acids is 1. The van der Waals surface area contributed by atoms with Crippen LogP contribution in [0.15, 0.2) is 42.5 Å². The Balaban J connectivity index is 1.63. The first kappa shape index (κ1) is 16.3.